The van der Waals surface area contributed by atoms with Crippen LogP contribution in [0.2, 0.25) is 18.1 Å². The van der Waals surface area contributed by atoms with Crippen LogP contribution in [0.4, 0.5) is 0 Å². The van der Waals surface area contributed by atoms with Gasteiger partial charge in [0.1, 0.15) is 16.8 Å². The van der Waals surface area contributed by atoms with Crippen molar-refractivity contribution in [1.82, 2.24) is 13.6 Å². The van der Waals surface area contributed by atoms with E-state index in [9.17, 15) is 9.59 Å². The standard InChI is InChI=1S/C28H31N3O3SSi/c1-7-8-14-31-26(32)19-12-13-23(34-36(5,6)28(2,3)4)20-15-17(16-21(24(19)20)27(31)33)18-10-9-11-22-25(18)30-35-29-22/h9-13,15-16H,7-8,14H2,1-6H3. The summed E-state index contributed by atoms with van der Waals surface area (Å²) in [5.41, 5.74) is 4.49. The fourth-order valence-electron chi connectivity index (χ4n) is 4.42. The summed E-state index contributed by atoms with van der Waals surface area (Å²) < 4.78 is 15.7. The third kappa shape index (κ3) is 3.92. The predicted molar refractivity (Wildman–Crippen MR) is 148 cm³/mol. The molecule has 2 amide bonds. The van der Waals surface area contributed by atoms with E-state index in [0.29, 0.717) is 23.1 Å². The number of unbranched alkanes of at least 4 members (excludes halogenated alkanes) is 1. The molecule has 6 nitrogen and oxygen atoms in total. The molecular formula is C28H31N3O3SSi. The smallest absolute Gasteiger partial charge is 0.261 e. The number of amides is 2. The average molecular weight is 518 g/mol. The van der Waals surface area contributed by atoms with Gasteiger partial charge in [0.2, 0.25) is 0 Å². The fourth-order valence-corrected chi connectivity index (χ4v) is 6.00. The first-order valence-corrected chi connectivity index (χ1v) is 16.0. The predicted octanol–water partition coefficient (Wildman–Crippen LogP) is 7.29. The molecule has 0 bridgehead atoms. The van der Waals surface area contributed by atoms with Crippen molar-refractivity contribution >= 4 is 53.7 Å². The number of hydrogen-bond donors (Lipinski definition) is 0. The van der Waals surface area contributed by atoms with Crippen molar-refractivity contribution < 1.29 is 14.0 Å². The maximum Gasteiger partial charge on any atom is 0.261 e. The van der Waals surface area contributed by atoms with E-state index >= 15 is 0 Å². The van der Waals surface area contributed by atoms with E-state index in [1.165, 1.54) is 16.6 Å². The van der Waals surface area contributed by atoms with Crippen LogP contribution in [0.25, 0.3) is 32.9 Å². The Morgan fingerprint density at radius 2 is 1.72 bits per heavy atom. The molecule has 2 heterocycles. The summed E-state index contributed by atoms with van der Waals surface area (Å²) in [6, 6.07) is 13.6. The summed E-state index contributed by atoms with van der Waals surface area (Å²) in [6.45, 7) is 13.5. The molecule has 0 spiro atoms. The molecule has 1 aliphatic heterocycles. The van der Waals surface area contributed by atoms with E-state index in [-0.39, 0.29) is 16.9 Å². The molecule has 5 rings (SSSR count). The third-order valence-corrected chi connectivity index (χ3v) is 12.4. The number of imide groups is 1. The second-order valence-corrected chi connectivity index (χ2v) is 16.2. The van der Waals surface area contributed by atoms with Gasteiger partial charge in [-0.2, -0.15) is 8.75 Å². The number of carbonyl (C=O) groups excluding carboxylic acids is 2. The van der Waals surface area contributed by atoms with Crippen LogP contribution < -0.4 is 4.43 Å². The monoisotopic (exact) mass is 517 g/mol. The Kier molecular flexibility index (Phi) is 5.99. The van der Waals surface area contributed by atoms with Gasteiger partial charge in [-0.05, 0) is 60.4 Å². The minimum Gasteiger partial charge on any atom is -0.543 e. The van der Waals surface area contributed by atoms with Gasteiger partial charge in [-0.25, -0.2) is 0 Å². The van der Waals surface area contributed by atoms with Crippen molar-refractivity contribution in [3.05, 3.63) is 53.6 Å². The van der Waals surface area contributed by atoms with E-state index in [2.05, 4.69) is 49.5 Å². The summed E-state index contributed by atoms with van der Waals surface area (Å²) in [7, 11) is -2.19. The van der Waals surface area contributed by atoms with Crippen LogP contribution >= 0.6 is 11.7 Å². The molecule has 8 heteroatoms. The van der Waals surface area contributed by atoms with Crippen molar-refractivity contribution in [2.45, 2.75) is 58.7 Å². The van der Waals surface area contributed by atoms with Crippen LogP contribution in [0.1, 0.15) is 61.3 Å². The largest absolute Gasteiger partial charge is 0.543 e. The number of rotatable bonds is 6. The lowest BCUT2D eigenvalue weighted by Crippen LogP contribution is -2.44. The van der Waals surface area contributed by atoms with E-state index in [1.54, 1.807) is 0 Å². The average Bonchev–Trinajstić information content (AvgIpc) is 3.31. The Morgan fingerprint density at radius 3 is 2.44 bits per heavy atom. The Balaban J connectivity index is 1.79. The van der Waals surface area contributed by atoms with Gasteiger partial charge in [-0.3, -0.25) is 14.5 Å². The summed E-state index contributed by atoms with van der Waals surface area (Å²) in [4.78, 5) is 28.5. The summed E-state index contributed by atoms with van der Waals surface area (Å²) in [6.07, 6.45) is 1.67. The normalized spacial score (nSPS) is 14.2. The topological polar surface area (TPSA) is 72.4 Å². The number of benzene rings is 3. The number of hydrogen-bond acceptors (Lipinski definition) is 6. The quantitative estimate of drug-likeness (QED) is 0.198. The zero-order chi connectivity index (χ0) is 25.8. The molecule has 0 atom stereocenters. The van der Waals surface area contributed by atoms with Gasteiger partial charge in [-0.1, -0.05) is 46.2 Å². The number of carbonyl (C=O) groups is 2. The molecule has 3 aromatic carbocycles. The Hall–Kier alpha value is -3.10. The molecular weight excluding hydrogens is 486 g/mol. The molecule has 1 aliphatic rings. The van der Waals surface area contributed by atoms with Crippen molar-refractivity contribution in [1.29, 1.82) is 0 Å². The van der Waals surface area contributed by atoms with Crippen LogP contribution in [0.3, 0.4) is 0 Å². The lowest BCUT2D eigenvalue weighted by Gasteiger charge is -2.37. The highest BCUT2D eigenvalue weighted by molar-refractivity contribution is 7.00. The minimum absolute atomic E-state index is 0.00401. The maximum atomic E-state index is 13.7. The van der Waals surface area contributed by atoms with Crippen LogP contribution in [0.5, 0.6) is 5.75 Å². The zero-order valence-corrected chi connectivity index (χ0v) is 23.5. The SMILES string of the molecule is CCCCN1C(=O)c2ccc(O[Si](C)(C)C(C)(C)C)c3cc(-c4cccc5nsnc45)cc(c23)C1=O. The Bertz CT molecular complexity index is 1520. The highest BCUT2D eigenvalue weighted by Gasteiger charge is 2.40. The Morgan fingerprint density at radius 1 is 0.972 bits per heavy atom. The van der Waals surface area contributed by atoms with E-state index in [0.717, 1.165) is 46.1 Å². The second-order valence-electron chi connectivity index (χ2n) is 11.0. The molecule has 0 saturated carbocycles. The van der Waals surface area contributed by atoms with Crippen LogP contribution in [0.15, 0.2) is 42.5 Å². The first-order valence-electron chi connectivity index (χ1n) is 12.4. The highest BCUT2D eigenvalue weighted by Crippen LogP contribution is 2.43. The summed E-state index contributed by atoms with van der Waals surface area (Å²) >= 11 is 1.17. The van der Waals surface area contributed by atoms with E-state index < -0.39 is 8.32 Å². The first-order chi connectivity index (χ1) is 17.0. The molecule has 0 saturated heterocycles. The third-order valence-electron chi connectivity index (χ3n) is 7.53. The van der Waals surface area contributed by atoms with E-state index in [4.69, 9.17) is 4.43 Å². The van der Waals surface area contributed by atoms with Crippen LogP contribution in [-0.4, -0.2) is 40.3 Å². The fraction of sp³-hybridized carbons (Fsp3) is 0.357. The van der Waals surface area contributed by atoms with E-state index in [1.807, 2.05) is 42.5 Å². The minimum atomic E-state index is -2.19. The van der Waals surface area contributed by atoms with Crippen molar-refractivity contribution in [2.24, 2.45) is 0 Å². The first kappa shape index (κ1) is 24.6. The summed E-state index contributed by atoms with van der Waals surface area (Å²) in [5, 5.41) is 1.47. The second kappa shape index (κ2) is 8.78. The van der Waals surface area contributed by atoms with Gasteiger partial charge in [0.15, 0.2) is 0 Å². The number of nitrogens with zero attached hydrogens (tertiary/aromatic N) is 3. The number of fused-ring (bicyclic) bond motifs is 1. The van der Waals surface area contributed by atoms with Gasteiger partial charge < -0.3 is 4.43 Å². The van der Waals surface area contributed by atoms with Crippen molar-refractivity contribution in [3.63, 3.8) is 0 Å². The van der Waals surface area contributed by atoms with Gasteiger partial charge in [0, 0.05) is 34.0 Å². The van der Waals surface area contributed by atoms with Crippen LogP contribution in [-0.2, 0) is 0 Å². The van der Waals surface area contributed by atoms with Gasteiger partial charge >= 0.3 is 0 Å². The van der Waals surface area contributed by atoms with Gasteiger partial charge in [0.25, 0.3) is 20.1 Å². The van der Waals surface area contributed by atoms with Crippen LogP contribution in [0, 0.1) is 0 Å². The molecule has 186 valence electrons. The maximum absolute atomic E-state index is 13.7. The Labute approximate surface area is 216 Å². The molecule has 1 aromatic heterocycles. The lowest BCUT2D eigenvalue weighted by atomic mass is 9.89. The van der Waals surface area contributed by atoms with Gasteiger partial charge in [0.05, 0.1) is 11.7 Å². The zero-order valence-electron chi connectivity index (χ0n) is 21.6. The number of aromatic nitrogens is 2. The molecule has 0 N–H and O–H groups in total. The molecule has 0 aliphatic carbocycles. The molecule has 4 aromatic rings. The van der Waals surface area contributed by atoms with Crippen molar-refractivity contribution in [3.8, 4) is 16.9 Å². The summed E-state index contributed by atoms with van der Waals surface area (Å²) in [5.74, 6) is 0.235. The van der Waals surface area contributed by atoms with Gasteiger partial charge in [-0.15, -0.1) is 0 Å². The molecule has 36 heavy (non-hydrogen) atoms. The molecule has 0 fully saturated rings. The lowest BCUT2D eigenvalue weighted by molar-refractivity contribution is 0.0608. The highest BCUT2D eigenvalue weighted by atomic mass is 32.1. The molecule has 0 radical (unpaired) electrons. The van der Waals surface area contributed by atoms with Crippen molar-refractivity contribution in [2.75, 3.05) is 6.54 Å². The molecule has 0 unspecified atom stereocenters.